The number of imide groups is 1. The number of amides is 2. The highest BCUT2D eigenvalue weighted by Gasteiger charge is 2.76. The standard InChI is InChI=1S/C24H25F3N2O9/c1-22-6-13(37-21-18(33)17(32)16(31)12(8-30)36-21)23(2,38-22)15-14(22)19(34)29(20(15)35)10-4-3-9(7-28)11(5-10)24(25,26)27/h3-5,12-18,21,30-33H,6,8H2,1-2H3/t12-,13-,14?,15-,16-,17+,18-,21-,22?,23?/m1/s1. The van der Waals surface area contributed by atoms with Gasteiger partial charge in [0.1, 0.15) is 30.0 Å². The summed E-state index contributed by atoms with van der Waals surface area (Å²) in [4.78, 5) is 27.7. The number of nitrogens with zero attached hydrogens (tertiary/aromatic N) is 2. The van der Waals surface area contributed by atoms with Crippen LogP contribution in [0, 0.1) is 23.2 Å². The molecule has 4 aliphatic heterocycles. The van der Waals surface area contributed by atoms with Crippen molar-refractivity contribution in [3.63, 3.8) is 0 Å². The Balaban J connectivity index is 1.45. The Labute approximate surface area is 213 Å². The molecular formula is C24H25F3N2O9. The summed E-state index contributed by atoms with van der Waals surface area (Å²) in [5.74, 6) is -3.77. The lowest BCUT2D eigenvalue weighted by Crippen LogP contribution is -2.61. The van der Waals surface area contributed by atoms with Gasteiger partial charge in [-0.15, -0.1) is 0 Å². The number of aliphatic hydroxyl groups is 4. The van der Waals surface area contributed by atoms with E-state index in [1.54, 1.807) is 6.92 Å². The van der Waals surface area contributed by atoms with Crippen molar-refractivity contribution in [1.29, 1.82) is 5.26 Å². The maximum Gasteiger partial charge on any atom is 0.417 e. The molecule has 1 aromatic rings. The predicted molar refractivity (Wildman–Crippen MR) is 117 cm³/mol. The van der Waals surface area contributed by atoms with Crippen LogP contribution in [-0.2, 0) is 30.0 Å². The number of nitriles is 1. The molecule has 10 atom stereocenters. The van der Waals surface area contributed by atoms with E-state index in [1.165, 1.54) is 13.0 Å². The van der Waals surface area contributed by atoms with Crippen molar-refractivity contribution >= 4 is 17.5 Å². The van der Waals surface area contributed by atoms with Crippen LogP contribution in [0.3, 0.4) is 0 Å². The van der Waals surface area contributed by atoms with Crippen molar-refractivity contribution in [1.82, 2.24) is 0 Å². The summed E-state index contributed by atoms with van der Waals surface area (Å²) in [7, 11) is 0. The predicted octanol–water partition coefficient (Wildman–Crippen LogP) is -0.181. The third-order valence-electron chi connectivity index (χ3n) is 8.10. The second-order valence-electron chi connectivity index (χ2n) is 10.4. The number of halogens is 3. The summed E-state index contributed by atoms with van der Waals surface area (Å²) >= 11 is 0. The first kappa shape index (κ1) is 26.9. The maximum absolute atomic E-state index is 13.6. The monoisotopic (exact) mass is 542 g/mol. The molecule has 0 saturated carbocycles. The first-order valence-corrected chi connectivity index (χ1v) is 11.8. The van der Waals surface area contributed by atoms with E-state index < -0.39 is 95.6 Å². The van der Waals surface area contributed by atoms with Gasteiger partial charge in [0.25, 0.3) is 0 Å². The zero-order valence-electron chi connectivity index (χ0n) is 20.1. The molecule has 1 aromatic carbocycles. The third kappa shape index (κ3) is 3.69. The largest absolute Gasteiger partial charge is 0.417 e. The van der Waals surface area contributed by atoms with Crippen LogP contribution in [0.4, 0.5) is 18.9 Å². The molecule has 0 radical (unpaired) electrons. The number of ether oxygens (including phenoxy) is 3. The van der Waals surface area contributed by atoms with E-state index in [0.29, 0.717) is 11.0 Å². The first-order chi connectivity index (χ1) is 17.7. The fraction of sp³-hybridized carbons (Fsp3) is 0.625. The number of carbonyl (C=O) groups excluding carboxylic acids is 2. The third-order valence-corrected chi connectivity index (χ3v) is 8.10. The summed E-state index contributed by atoms with van der Waals surface area (Å²) in [6.45, 7) is 2.39. The van der Waals surface area contributed by atoms with E-state index in [1.807, 2.05) is 0 Å². The van der Waals surface area contributed by atoms with E-state index in [-0.39, 0.29) is 12.1 Å². The lowest BCUT2D eigenvalue weighted by molar-refractivity contribution is -0.319. The molecule has 4 aliphatic rings. The number of alkyl halides is 3. The lowest BCUT2D eigenvalue weighted by atomic mass is 9.67. The zero-order valence-corrected chi connectivity index (χ0v) is 20.1. The van der Waals surface area contributed by atoms with Crippen molar-refractivity contribution < 1.29 is 57.4 Å². The normalized spacial score (nSPS) is 42.5. The quantitative estimate of drug-likeness (QED) is 0.374. The summed E-state index contributed by atoms with van der Waals surface area (Å²) in [6, 6.07) is 4.03. The molecule has 5 rings (SSSR count). The molecule has 14 heteroatoms. The average molecular weight is 542 g/mol. The summed E-state index contributed by atoms with van der Waals surface area (Å²) in [5, 5.41) is 49.0. The number of anilines is 1. The van der Waals surface area contributed by atoms with Crippen LogP contribution in [0.15, 0.2) is 18.2 Å². The maximum atomic E-state index is 13.6. The van der Waals surface area contributed by atoms with E-state index >= 15 is 0 Å². The topological polar surface area (TPSA) is 170 Å². The summed E-state index contributed by atoms with van der Waals surface area (Å²) in [6.07, 6.45) is -13.6. The van der Waals surface area contributed by atoms with E-state index in [9.17, 15) is 43.2 Å². The van der Waals surface area contributed by atoms with Gasteiger partial charge in [0.2, 0.25) is 11.8 Å². The van der Waals surface area contributed by atoms with Crippen molar-refractivity contribution in [2.24, 2.45) is 11.8 Å². The fourth-order valence-corrected chi connectivity index (χ4v) is 6.28. The van der Waals surface area contributed by atoms with Gasteiger partial charge in [0.05, 0.1) is 53.0 Å². The molecule has 4 heterocycles. The van der Waals surface area contributed by atoms with Gasteiger partial charge < -0.3 is 34.6 Å². The first-order valence-electron chi connectivity index (χ1n) is 11.8. The van der Waals surface area contributed by atoms with Gasteiger partial charge >= 0.3 is 6.18 Å². The minimum absolute atomic E-state index is 0.0354. The number of aliphatic hydroxyl groups excluding tert-OH is 4. The molecule has 0 aliphatic carbocycles. The molecule has 2 bridgehead atoms. The molecule has 4 N–H and O–H groups in total. The van der Waals surface area contributed by atoms with Crippen LogP contribution in [-0.4, -0.2) is 86.9 Å². The minimum atomic E-state index is -4.90. The number of hydrogen-bond acceptors (Lipinski definition) is 10. The van der Waals surface area contributed by atoms with Crippen LogP contribution in [0.2, 0.25) is 0 Å². The molecule has 38 heavy (non-hydrogen) atoms. The van der Waals surface area contributed by atoms with E-state index in [4.69, 9.17) is 19.5 Å². The Morgan fingerprint density at radius 2 is 1.79 bits per heavy atom. The lowest BCUT2D eigenvalue weighted by Gasteiger charge is -2.43. The van der Waals surface area contributed by atoms with Crippen molar-refractivity contribution in [2.45, 2.75) is 74.5 Å². The highest BCUT2D eigenvalue weighted by Crippen LogP contribution is 2.62. The van der Waals surface area contributed by atoms with Crippen LogP contribution >= 0.6 is 0 Å². The second-order valence-corrected chi connectivity index (χ2v) is 10.4. The Bertz CT molecular complexity index is 1220. The molecule has 0 aromatic heterocycles. The molecule has 4 fully saturated rings. The molecule has 4 saturated heterocycles. The van der Waals surface area contributed by atoms with Crippen LogP contribution in [0.5, 0.6) is 0 Å². The van der Waals surface area contributed by atoms with Gasteiger partial charge in [0, 0.05) is 6.42 Å². The van der Waals surface area contributed by atoms with Crippen molar-refractivity contribution in [3.05, 3.63) is 29.3 Å². The second kappa shape index (κ2) is 8.68. The van der Waals surface area contributed by atoms with E-state index in [0.717, 1.165) is 12.1 Å². The average Bonchev–Trinajstić information content (AvgIpc) is 3.38. The van der Waals surface area contributed by atoms with Gasteiger partial charge in [-0.05, 0) is 32.0 Å². The van der Waals surface area contributed by atoms with Crippen LogP contribution in [0.25, 0.3) is 0 Å². The molecule has 11 nitrogen and oxygen atoms in total. The molecule has 206 valence electrons. The Morgan fingerprint density at radius 1 is 1.13 bits per heavy atom. The highest BCUT2D eigenvalue weighted by atomic mass is 19.4. The Hall–Kier alpha value is -2.64. The number of rotatable bonds is 4. The minimum Gasteiger partial charge on any atom is -0.394 e. The zero-order chi connectivity index (χ0) is 27.9. The number of fused-ring (bicyclic) bond motifs is 5. The van der Waals surface area contributed by atoms with Crippen LogP contribution in [0.1, 0.15) is 31.4 Å². The smallest absolute Gasteiger partial charge is 0.394 e. The summed E-state index contributed by atoms with van der Waals surface area (Å²) in [5.41, 5.74) is -5.01. The van der Waals surface area contributed by atoms with Crippen molar-refractivity contribution in [3.8, 4) is 6.07 Å². The van der Waals surface area contributed by atoms with Gasteiger partial charge in [-0.1, -0.05) is 0 Å². The van der Waals surface area contributed by atoms with Gasteiger partial charge in [-0.25, -0.2) is 4.90 Å². The molecule has 3 unspecified atom stereocenters. The molecular weight excluding hydrogens is 517 g/mol. The van der Waals surface area contributed by atoms with Gasteiger partial charge in [-0.2, -0.15) is 18.4 Å². The molecule has 0 spiro atoms. The van der Waals surface area contributed by atoms with Gasteiger partial charge in [-0.3, -0.25) is 9.59 Å². The highest BCUT2D eigenvalue weighted by molar-refractivity contribution is 6.23. The SMILES string of the molecule is CC12C[C@@H](O[C@H]3O[C@H](CO)[C@@H](O)[C@H](O)[C@H]3O)C(C)(O1)[C@H]1C(=O)N(c3ccc(C#N)c(C(F)(F)F)c3)C(=O)C12. The van der Waals surface area contributed by atoms with Gasteiger partial charge in [0.15, 0.2) is 6.29 Å². The Morgan fingerprint density at radius 3 is 2.39 bits per heavy atom. The van der Waals surface area contributed by atoms with E-state index in [2.05, 4.69) is 0 Å². The van der Waals surface area contributed by atoms with Crippen LogP contribution < -0.4 is 4.90 Å². The fourth-order valence-electron chi connectivity index (χ4n) is 6.28. The number of hydrogen-bond donors (Lipinski definition) is 4. The summed E-state index contributed by atoms with van der Waals surface area (Å²) < 4.78 is 58.0. The number of carbonyl (C=O) groups is 2. The Kier molecular flexibility index (Phi) is 6.16. The number of benzene rings is 1. The van der Waals surface area contributed by atoms with Crippen molar-refractivity contribution in [2.75, 3.05) is 11.5 Å². The molecule has 2 amide bonds.